The highest BCUT2D eigenvalue weighted by Crippen LogP contribution is 2.24. The second-order valence-electron chi connectivity index (χ2n) is 6.23. The Bertz CT molecular complexity index is 1040. The van der Waals surface area contributed by atoms with Crippen molar-refractivity contribution in [3.63, 3.8) is 0 Å². The maximum atomic E-state index is 12.8. The quantitative estimate of drug-likeness (QED) is 0.653. The van der Waals surface area contributed by atoms with Gasteiger partial charge in [-0.15, -0.1) is 0 Å². The summed E-state index contributed by atoms with van der Waals surface area (Å²) in [6.07, 6.45) is 0. The van der Waals surface area contributed by atoms with Gasteiger partial charge in [-0.3, -0.25) is 15.6 Å². The molecule has 0 atom stereocenters. The molecule has 0 unspecified atom stereocenters. The molecule has 1 saturated heterocycles. The second kappa shape index (κ2) is 9.15. The largest absolute Gasteiger partial charge is 0.379 e. The van der Waals surface area contributed by atoms with Gasteiger partial charge in [0.05, 0.1) is 28.8 Å². The van der Waals surface area contributed by atoms with Crippen molar-refractivity contribution in [2.75, 3.05) is 26.3 Å². The lowest BCUT2D eigenvalue weighted by Crippen LogP contribution is -2.40. The van der Waals surface area contributed by atoms with E-state index in [4.69, 9.17) is 27.9 Å². The number of nitrogens with zero attached hydrogens (tertiary/aromatic N) is 1. The van der Waals surface area contributed by atoms with Crippen molar-refractivity contribution < 1.29 is 17.9 Å². The van der Waals surface area contributed by atoms with Gasteiger partial charge in [-0.1, -0.05) is 35.8 Å². The van der Waals surface area contributed by atoms with Crippen molar-refractivity contribution >= 4 is 44.8 Å². The molecule has 10 heteroatoms. The van der Waals surface area contributed by atoms with E-state index in [2.05, 4.69) is 17.4 Å². The zero-order valence-electron chi connectivity index (χ0n) is 15.3. The summed E-state index contributed by atoms with van der Waals surface area (Å²) in [5.41, 5.74) is 6.28. The van der Waals surface area contributed by atoms with Crippen LogP contribution in [-0.2, 0) is 14.8 Å². The molecule has 0 saturated carbocycles. The first-order valence-corrected chi connectivity index (χ1v) is 10.9. The first kappa shape index (κ1) is 21.6. The molecular weight excluding hydrogens is 437 g/mol. The van der Waals surface area contributed by atoms with Crippen LogP contribution in [-0.4, -0.2) is 44.9 Å². The molecule has 2 aromatic rings. The Labute approximate surface area is 179 Å². The molecule has 0 bridgehead atoms. The second-order valence-corrected chi connectivity index (χ2v) is 9.01. The Morgan fingerprint density at radius 1 is 1.07 bits per heavy atom. The van der Waals surface area contributed by atoms with E-state index >= 15 is 0 Å². The Hall–Kier alpha value is -2.10. The highest BCUT2D eigenvalue weighted by Gasteiger charge is 2.26. The Kier molecular flexibility index (Phi) is 6.81. The normalized spacial score (nSPS) is 15.0. The molecule has 1 heterocycles. The number of rotatable bonds is 6. The monoisotopic (exact) mass is 455 g/mol. The van der Waals surface area contributed by atoms with Crippen LogP contribution < -0.4 is 10.9 Å². The third-order valence-electron chi connectivity index (χ3n) is 4.29. The summed E-state index contributed by atoms with van der Waals surface area (Å²) in [5, 5.41) is 0.858. The molecule has 0 spiro atoms. The molecule has 2 aromatic carbocycles. The Balaban J connectivity index is 1.70. The zero-order chi connectivity index (χ0) is 21.0. The first-order chi connectivity index (χ1) is 13.8. The first-order valence-electron chi connectivity index (χ1n) is 8.67. The number of ether oxygens (including phenoxy) is 1. The van der Waals surface area contributed by atoms with Crippen molar-refractivity contribution in [2.45, 2.75) is 4.90 Å². The number of benzene rings is 2. The molecule has 3 rings (SSSR count). The van der Waals surface area contributed by atoms with Gasteiger partial charge in [0, 0.05) is 29.2 Å². The molecule has 0 aliphatic carbocycles. The molecule has 0 radical (unpaired) electrons. The molecule has 1 amide bonds. The van der Waals surface area contributed by atoms with E-state index in [1.54, 1.807) is 18.2 Å². The van der Waals surface area contributed by atoms with Gasteiger partial charge in [0.25, 0.3) is 5.91 Å². The average Bonchev–Trinajstić information content (AvgIpc) is 2.72. The van der Waals surface area contributed by atoms with Crippen LogP contribution in [0.2, 0.25) is 10.0 Å². The zero-order valence-corrected chi connectivity index (χ0v) is 17.6. The summed E-state index contributed by atoms with van der Waals surface area (Å²) in [4.78, 5) is 12.5. The van der Waals surface area contributed by atoms with E-state index in [0.29, 0.717) is 34.5 Å². The number of morpholine rings is 1. The number of carbonyl (C=O) groups excluding carboxylic acids is 1. The fourth-order valence-corrected chi connectivity index (χ4v) is 4.72. The molecule has 7 nitrogen and oxygen atoms in total. The predicted octanol–water partition coefficient (Wildman–Crippen LogP) is 2.92. The molecule has 1 aliphatic rings. The van der Waals surface area contributed by atoms with Crippen molar-refractivity contribution in [1.29, 1.82) is 0 Å². The highest BCUT2D eigenvalue weighted by molar-refractivity contribution is 7.89. The van der Waals surface area contributed by atoms with E-state index in [1.807, 2.05) is 0 Å². The van der Waals surface area contributed by atoms with E-state index in [1.165, 1.54) is 28.6 Å². The van der Waals surface area contributed by atoms with Gasteiger partial charge in [-0.2, -0.15) is 4.31 Å². The summed E-state index contributed by atoms with van der Waals surface area (Å²) in [7, 11) is -3.70. The third kappa shape index (κ3) is 5.09. The van der Waals surface area contributed by atoms with Crippen LogP contribution in [0, 0.1) is 0 Å². The van der Waals surface area contributed by atoms with E-state index in [9.17, 15) is 13.2 Å². The number of hydrogen-bond acceptors (Lipinski definition) is 5. The van der Waals surface area contributed by atoms with Crippen LogP contribution in [0.4, 0.5) is 0 Å². The SMILES string of the molecule is C=C(NNC(=O)c1cccc(S(=O)(=O)N2CCOCC2)c1)c1ccc(Cl)cc1Cl. The van der Waals surface area contributed by atoms with Crippen LogP contribution in [0.3, 0.4) is 0 Å². The van der Waals surface area contributed by atoms with Crippen LogP contribution in [0.15, 0.2) is 53.9 Å². The van der Waals surface area contributed by atoms with E-state index < -0.39 is 15.9 Å². The maximum absolute atomic E-state index is 12.8. The van der Waals surface area contributed by atoms with Gasteiger partial charge in [-0.25, -0.2) is 8.42 Å². The summed E-state index contributed by atoms with van der Waals surface area (Å²) in [6.45, 7) is 5.08. The van der Waals surface area contributed by atoms with Crippen LogP contribution in [0.1, 0.15) is 15.9 Å². The molecule has 2 N–H and O–H groups in total. The van der Waals surface area contributed by atoms with Gasteiger partial charge in [0.1, 0.15) is 0 Å². The van der Waals surface area contributed by atoms with E-state index in [-0.39, 0.29) is 23.5 Å². The number of hydrazine groups is 1. The molecule has 29 heavy (non-hydrogen) atoms. The maximum Gasteiger partial charge on any atom is 0.269 e. The average molecular weight is 456 g/mol. The molecule has 154 valence electrons. The summed E-state index contributed by atoms with van der Waals surface area (Å²) < 4.78 is 32.1. The smallest absolute Gasteiger partial charge is 0.269 e. The van der Waals surface area contributed by atoms with Crippen molar-refractivity contribution in [3.05, 3.63) is 70.2 Å². The van der Waals surface area contributed by atoms with E-state index in [0.717, 1.165) is 0 Å². The molecule has 1 aliphatic heterocycles. The van der Waals surface area contributed by atoms with Gasteiger partial charge < -0.3 is 4.74 Å². The summed E-state index contributed by atoms with van der Waals surface area (Å²) >= 11 is 12.0. The lowest BCUT2D eigenvalue weighted by molar-refractivity contribution is 0.0730. The number of halogens is 2. The Morgan fingerprint density at radius 3 is 2.48 bits per heavy atom. The number of nitrogens with one attached hydrogen (secondary N) is 2. The summed E-state index contributed by atoms with van der Waals surface area (Å²) in [6, 6.07) is 10.7. The minimum absolute atomic E-state index is 0.0478. The fourth-order valence-electron chi connectivity index (χ4n) is 2.74. The van der Waals surface area contributed by atoms with Crippen LogP contribution in [0.25, 0.3) is 5.70 Å². The molecular formula is C19H19Cl2N3O4S. The number of amides is 1. The number of sulfonamides is 1. The highest BCUT2D eigenvalue weighted by atomic mass is 35.5. The summed E-state index contributed by atoms with van der Waals surface area (Å²) in [5.74, 6) is -0.518. The third-order valence-corrected chi connectivity index (χ3v) is 6.73. The predicted molar refractivity (Wildman–Crippen MR) is 112 cm³/mol. The fraction of sp³-hybridized carbons (Fsp3) is 0.211. The van der Waals surface area contributed by atoms with Gasteiger partial charge >= 0.3 is 0 Å². The topological polar surface area (TPSA) is 87.7 Å². The molecule has 1 fully saturated rings. The van der Waals surface area contributed by atoms with Gasteiger partial charge in [0.15, 0.2) is 0 Å². The Morgan fingerprint density at radius 2 is 1.79 bits per heavy atom. The minimum Gasteiger partial charge on any atom is -0.379 e. The van der Waals surface area contributed by atoms with Crippen molar-refractivity contribution in [2.24, 2.45) is 0 Å². The lowest BCUT2D eigenvalue weighted by atomic mass is 10.2. The lowest BCUT2D eigenvalue weighted by Gasteiger charge is -2.26. The number of carbonyl (C=O) groups is 1. The molecule has 0 aromatic heterocycles. The number of hydrogen-bond donors (Lipinski definition) is 2. The standard InChI is InChI=1S/C19H19Cl2N3O4S/c1-13(17-6-5-15(20)12-18(17)21)22-23-19(25)14-3-2-4-16(11-14)29(26,27)24-7-9-28-10-8-24/h2-6,11-12,22H,1,7-10H2,(H,23,25). The minimum atomic E-state index is -3.70. The van der Waals surface area contributed by atoms with Gasteiger partial charge in [-0.05, 0) is 36.4 Å². The van der Waals surface area contributed by atoms with Crippen LogP contribution in [0.5, 0.6) is 0 Å². The van der Waals surface area contributed by atoms with Crippen molar-refractivity contribution in [3.8, 4) is 0 Å². The van der Waals surface area contributed by atoms with Crippen LogP contribution >= 0.6 is 23.2 Å². The van der Waals surface area contributed by atoms with Crippen molar-refractivity contribution in [1.82, 2.24) is 15.2 Å². The van der Waals surface area contributed by atoms with Gasteiger partial charge in [0.2, 0.25) is 10.0 Å².